The smallest absolute Gasteiger partial charge is 0.406 e. The highest BCUT2D eigenvalue weighted by Gasteiger charge is 2.30. The Bertz CT molecular complexity index is 323. The van der Waals surface area contributed by atoms with E-state index in [1.807, 2.05) is 0 Å². The van der Waals surface area contributed by atoms with Crippen LogP contribution in [0, 0.1) is 6.57 Å². The number of ether oxygens (including phenoxy) is 1. The Kier molecular flexibility index (Phi) is 2.42. The standard InChI is InChI=1S/C8H4F3NO/c1-12-6-2-4-7(5-3-6)13-8(9,10)11/h2-5H. The van der Waals surface area contributed by atoms with Gasteiger partial charge in [-0.15, -0.1) is 13.2 Å². The summed E-state index contributed by atoms with van der Waals surface area (Å²) < 4.78 is 38.5. The molecule has 0 atom stereocenters. The molecule has 0 aromatic heterocycles. The molecular formula is C8H4F3NO. The maximum atomic E-state index is 11.6. The summed E-state index contributed by atoms with van der Waals surface area (Å²) >= 11 is 0. The molecule has 2 nitrogen and oxygen atoms in total. The van der Waals surface area contributed by atoms with Crippen LogP contribution in [0.25, 0.3) is 4.85 Å². The van der Waals surface area contributed by atoms with E-state index in [2.05, 4.69) is 9.58 Å². The minimum absolute atomic E-state index is 0.273. The lowest BCUT2D eigenvalue weighted by atomic mass is 10.3. The van der Waals surface area contributed by atoms with E-state index < -0.39 is 6.36 Å². The van der Waals surface area contributed by atoms with Gasteiger partial charge in [0.25, 0.3) is 0 Å². The Morgan fingerprint density at radius 2 is 1.69 bits per heavy atom. The maximum Gasteiger partial charge on any atom is 0.573 e. The normalized spacial score (nSPS) is 10.6. The van der Waals surface area contributed by atoms with E-state index in [1.54, 1.807) is 0 Å². The van der Waals surface area contributed by atoms with Crippen molar-refractivity contribution in [3.05, 3.63) is 35.7 Å². The molecule has 0 amide bonds. The van der Waals surface area contributed by atoms with Gasteiger partial charge in [0.15, 0.2) is 5.69 Å². The molecule has 0 saturated carbocycles. The van der Waals surface area contributed by atoms with Gasteiger partial charge < -0.3 is 4.74 Å². The number of halogens is 3. The minimum Gasteiger partial charge on any atom is -0.406 e. The van der Waals surface area contributed by atoms with Gasteiger partial charge in [-0.3, -0.25) is 0 Å². The summed E-state index contributed by atoms with van der Waals surface area (Å²) in [5.74, 6) is -0.320. The largest absolute Gasteiger partial charge is 0.573 e. The number of alkyl halides is 3. The SMILES string of the molecule is [C-]#[N+]c1ccc(OC(F)(F)F)cc1. The minimum atomic E-state index is -4.68. The van der Waals surface area contributed by atoms with Crippen LogP contribution >= 0.6 is 0 Å². The van der Waals surface area contributed by atoms with Crippen molar-refractivity contribution in [1.29, 1.82) is 0 Å². The van der Waals surface area contributed by atoms with Gasteiger partial charge in [-0.1, -0.05) is 12.1 Å². The van der Waals surface area contributed by atoms with E-state index in [1.165, 1.54) is 12.1 Å². The summed E-state index contributed by atoms with van der Waals surface area (Å²) in [5, 5.41) is 0. The average molecular weight is 187 g/mol. The van der Waals surface area contributed by atoms with Crippen molar-refractivity contribution < 1.29 is 17.9 Å². The van der Waals surface area contributed by atoms with Gasteiger partial charge in [0.1, 0.15) is 5.75 Å². The zero-order chi connectivity index (χ0) is 9.90. The zero-order valence-electron chi connectivity index (χ0n) is 6.30. The van der Waals surface area contributed by atoms with E-state index in [0.717, 1.165) is 12.1 Å². The second-order valence-corrected chi connectivity index (χ2v) is 2.15. The van der Waals surface area contributed by atoms with E-state index in [9.17, 15) is 13.2 Å². The molecule has 0 N–H and O–H groups in total. The van der Waals surface area contributed by atoms with E-state index >= 15 is 0 Å². The van der Waals surface area contributed by atoms with Crippen molar-refractivity contribution in [2.45, 2.75) is 6.36 Å². The summed E-state index contributed by atoms with van der Waals surface area (Å²) in [6, 6.07) is 4.71. The molecule has 1 aromatic rings. The van der Waals surface area contributed by atoms with Gasteiger partial charge >= 0.3 is 6.36 Å². The Morgan fingerprint density at radius 3 is 2.08 bits per heavy atom. The Hall–Kier alpha value is -1.70. The van der Waals surface area contributed by atoms with Crippen molar-refractivity contribution in [1.82, 2.24) is 0 Å². The topological polar surface area (TPSA) is 13.6 Å². The lowest BCUT2D eigenvalue weighted by molar-refractivity contribution is -0.274. The van der Waals surface area contributed by atoms with Crippen molar-refractivity contribution in [2.75, 3.05) is 0 Å². The quantitative estimate of drug-likeness (QED) is 0.615. The molecule has 0 radical (unpaired) electrons. The monoisotopic (exact) mass is 187 g/mol. The zero-order valence-corrected chi connectivity index (χ0v) is 6.30. The third kappa shape index (κ3) is 3.03. The molecule has 0 heterocycles. The first-order chi connectivity index (χ1) is 6.01. The van der Waals surface area contributed by atoms with E-state index in [0.29, 0.717) is 0 Å². The molecule has 0 aliphatic rings. The fourth-order valence-electron chi connectivity index (χ4n) is 0.722. The number of benzene rings is 1. The van der Waals surface area contributed by atoms with E-state index in [-0.39, 0.29) is 11.4 Å². The lowest BCUT2D eigenvalue weighted by Gasteiger charge is -2.07. The first-order valence-corrected chi connectivity index (χ1v) is 3.24. The van der Waals surface area contributed by atoms with Crippen LogP contribution in [0.2, 0.25) is 0 Å². The third-order valence-corrected chi connectivity index (χ3v) is 1.20. The maximum absolute atomic E-state index is 11.6. The van der Waals surface area contributed by atoms with Crippen LogP contribution in [-0.2, 0) is 0 Å². The molecule has 0 aliphatic heterocycles. The molecule has 0 unspecified atom stereocenters. The predicted octanol–water partition coefficient (Wildman–Crippen LogP) is 3.14. The Balaban J connectivity index is 2.77. The third-order valence-electron chi connectivity index (χ3n) is 1.20. The van der Waals surface area contributed by atoms with Crippen LogP contribution in [0.15, 0.2) is 24.3 Å². The Labute approximate surface area is 72.4 Å². The van der Waals surface area contributed by atoms with Gasteiger partial charge in [-0.25, -0.2) is 4.85 Å². The molecular weight excluding hydrogens is 183 g/mol. The predicted molar refractivity (Wildman–Crippen MR) is 39.4 cm³/mol. The molecule has 0 fully saturated rings. The summed E-state index contributed by atoms with van der Waals surface area (Å²) in [6.07, 6.45) is -4.68. The van der Waals surface area contributed by atoms with Crippen molar-refractivity contribution >= 4 is 5.69 Å². The lowest BCUT2D eigenvalue weighted by Crippen LogP contribution is -2.16. The van der Waals surface area contributed by atoms with Gasteiger partial charge in [-0.2, -0.15) is 0 Å². The molecule has 5 heteroatoms. The molecule has 0 saturated heterocycles. The van der Waals surface area contributed by atoms with Gasteiger partial charge in [0, 0.05) is 0 Å². The van der Waals surface area contributed by atoms with Gasteiger partial charge in [0.2, 0.25) is 0 Å². The van der Waals surface area contributed by atoms with Crippen LogP contribution in [0.3, 0.4) is 0 Å². The van der Waals surface area contributed by atoms with Crippen molar-refractivity contribution in [3.8, 4) is 5.75 Å². The van der Waals surface area contributed by atoms with Crippen LogP contribution in [0.4, 0.5) is 18.9 Å². The first-order valence-electron chi connectivity index (χ1n) is 3.24. The molecule has 1 aromatic carbocycles. The highest BCUT2D eigenvalue weighted by Crippen LogP contribution is 2.24. The summed E-state index contributed by atoms with van der Waals surface area (Å²) in [7, 11) is 0. The number of nitrogens with zero attached hydrogens (tertiary/aromatic N) is 1. The molecule has 68 valence electrons. The Morgan fingerprint density at radius 1 is 1.15 bits per heavy atom. The molecule has 0 bridgehead atoms. The number of hydrogen-bond donors (Lipinski definition) is 0. The van der Waals surface area contributed by atoms with Crippen LogP contribution in [0.5, 0.6) is 5.75 Å². The average Bonchev–Trinajstić information content (AvgIpc) is 2.03. The molecule has 0 spiro atoms. The first kappa shape index (κ1) is 9.39. The van der Waals surface area contributed by atoms with Crippen molar-refractivity contribution in [3.63, 3.8) is 0 Å². The fraction of sp³-hybridized carbons (Fsp3) is 0.125. The van der Waals surface area contributed by atoms with E-state index in [4.69, 9.17) is 6.57 Å². The van der Waals surface area contributed by atoms with Gasteiger partial charge in [0.05, 0.1) is 6.57 Å². The second kappa shape index (κ2) is 3.35. The second-order valence-electron chi connectivity index (χ2n) is 2.15. The summed E-state index contributed by atoms with van der Waals surface area (Å²) in [6.45, 7) is 6.56. The van der Waals surface area contributed by atoms with Crippen LogP contribution < -0.4 is 4.74 Å². The van der Waals surface area contributed by atoms with Crippen LogP contribution in [-0.4, -0.2) is 6.36 Å². The highest BCUT2D eigenvalue weighted by atomic mass is 19.4. The highest BCUT2D eigenvalue weighted by molar-refractivity contribution is 5.46. The molecule has 13 heavy (non-hydrogen) atoms. The summed E-state index contributed by atoms with van der Waals surface area (Å²) in [5.41, 5.74) is 0.273. The van der Waals surface area contributed by atoms with Crippen LogP contribution in [0.1, 0.15) is 0 Å². The number of rotatable bonds is 1. The molecule has 0 aliphatic carbocycles. The summed E-state index contributed by atoms with van der Waals surface area (Å²) in [4.78, 5) is 3.02. The van der Waals surface area contributed by atoms with Gasteiger partial charge in [-0.05, 0) is 12.1 Å². The molecule has 1 rings (SSSR count). The number of hydrogen-bond acceptors (Lipinski definition) is 1. The fourth-order valence-corrected chi connectivity index (χ4v) is 0.722. The van der Waals surface area contributed by atoms with Crippen molar-refractivity contribution in [2.24, 2.45) is 0 Å².